The molecule has 0 radical (unpaired) electrons. The quantitative estimate of drug-likeness (QED) is 0.273. The number of amides is 2. The van der Waals surface area contributed by atoms with Crippen molar-refractivity contribution < 1.29 is 24.2 Å². The first-order valence-corrected chi connectivity index (χ1v) is 14.3. The van der Waals surface area contributed by atoms with Gasteiger partial charge in [-0.1, -0.05) is 67.8 Å². The Morgan fingerprint density at radius 1 is 0.925 bits per heavy atom. The van der Waals surface area contributed by atoms with Crippen molar-refractivity contribution in [3.8, 4) is 11.5 Å². The number of ether oxygens (including phenoxy) is 2. The summed E-state index contributed by atoms with van der Waals surface area (Å²) in [6.07, 6.45) is 6.68. The number of para-hydroxylation sites is 2. The fourth-order valence-corrected chi connectivity index (χ4v) is 5.72. The topological polar surface area (TPSA) is 79.3 Å². The molecule has 40 heavy (non-hydrogen) atoms. The number of nitrogens with zero attached hydrogens (tertiary/aromatic N) is 2. The molecule has 1 aliphatic heterocycles. The number of aliphatic carboxylic acids is 1. The number of carboxylic acid groups (broad SMARTS) is 1. The Kier molecular flexibility index (Phi) is 8.58. The van der Waals surface area contributed by atoms with Crippen molar-refractivity contribution in [3.05, 3.63) is 90.0 Å². The molecule has 2 aliphatic rings. The summed E-state index contributed by atoms with van der Waals surface area (Å²) in [6, 6.07) is 25.1. The molecule has 7 heteroatoms. The molecule has 1 heterocycles. The maximum Gasteiger partial charge on any atom is 0.348 e. The third-order valence-electron chi connectivity index (χ3n) is 7.87. The van der Waals surface area contributed by atoms with Crippen LogP contribution in [0.3, 0.4) is 0 Å². The minimum atomic E-state index is -1.39. The lowest BCUT2D eigenvalue weighted by atomic mass is 9.93. The molecule has 3 aromatic rings. The van der Waals surface area contributed by atoms with E-state index in [-0.39, 0.29) is 18.5 Å². The molecule has 0 saturated heterocycles. The largest absolute Gasteiger partial charge is 0.494 e. The van der Waals surface area contributed by atoms with E-state index in [9.17, 15) is 14.7 Å². The molecule has 1 aliphatic carbocycles. The number of fused-ring (bicyclic) bond motifs is 1. The van der Waals surface area contributed by atoms with Crippen LogP contribution in [0.25, 0.3) is 0 Å². The van der Waals surface area contributed by atoms with Crippen LogP contribution < -0.4 is 14.4 Å². The summed E-state index contributed by atoms with van der Waals surface area (Å²) in [6.45, 7) is 3.32. The zero-order valence-corrected chi connectivity index (χ0v) is 23.1. The van der Waals surface area contributed by atoms with Crippen LogP contribution in [0.4, 0.5) is 10.5 Å². The van der Waals surface area contributed by atoms with Crippen molar-refractivity contribution in [1.29, 1.82) is 0 Å². The van der Waals surface area contributed by atoms with Gasteiger partial charge in [-0.05, 0) is 67.6 Å². The number of hydrogen-bond donors (Lipinski definition) is 1. The predicted octanol–water partition coefficient (Wildman–Crippen LogP) is 6.70. The highest BCUT2D eigenvalue weighted by atomic mass is 16.5. The number of carbonyl (C=O) groups is 2. The summed E-state index contributed by atoms with van der Waals surface area (Å²) < 4.78 is 11.8. The van der Waals surface area contributed by atoms with Crippen LogP contribution in [0.15, 0.2) is 78.9 Å². The fourth-order valence-electron chi connectivity index (χ4n) is 5.72. The Balaban J connectivity index is 1.14. The second kappa shape index (κ2) is 12.5. The maximum atomic E-state index is 13.5. The molecule has 1 atom stereocenters. The van der Waals surface area contributed by atoms with Gasteiger partial charge < -0.3 is 19.5 Å². The molecule has 210 valence electrons. The minimum Gasteiger partial charge on any atom is -0.494 e. The normalized spacial score (nSPS) is 17.2. The molecule has 7 nitrogen and oxygen atoms in total. The molecule has 0 unspecified atom stereocenters. The molecule has 1 fully saturated rings. The van der Waals surface area contributed by atoms with Gasteiger partial charge in [-0.2, -0.15) is 0 Å². The van der Waals surface area contributed by atoms with Crippen molar-refractivity contribution in [2.75, 3.05) is 18.1 Å². The van der Waals surface area contributed by atoms with E-state index in [1.165, 1.54) is 24.8 Å². The summed E-state index contributed by atoms with van der Waals surface area (Å²) in [5.41, 5.74) is 1.72. The SMILES string of the molecule is C[C@@](Cc1ccc(OCCCN2Cc3ccccc3N(C3CCCCC3)C2=O)cc1)(Oc1ccccc1)C(=O)O. The van der Waals surface area contributed by atoms with E-state index < -0.39 is 11.6 Å². The molecule has 1 N–H and O–H groups in total. The Morgan fingerprint density at radius 3 is 2.35 bits per heavy atom. The molecule has 5 rings (SSSR count). The molecule has 2 amide bonds. The van der Waals surface area contributed by atoms with E-state index in [4.69, 9.17) is 9.47 Å². The molecule has 0 bridgehead atoms. The zero-order chi connectivity index (χ0) is 28.0. The Morgan fingerprint density at radius 2 is 1.62 bits per heavy atom. The predicted molar refractivity (Wildman–Crippen MR) is 155 cm³/mol. The first kappa shape index (κ1) is 27.6. The van der Waals surface area contributed by atoms with Gasteiger partial charge in [0.1, 0.15) is 11.5 Å². The van der Waals surface area contributed by atoms with Crippen LogP contribution in [0.1, 0.15) is 56.6 Å². The van der Waals surface area contributed by atoms with E-state index in [1.54, 1.807) is 19.1 Å². The lowest BCUT2D eigenvalue weighted by Gasteiger charge is -2.42. The smallest absolute Gasteiger partial charge is 0.348 e. The van der Waals surface area contributed by atoms with Gasteiger partial charge in [-0.3, -0.25) is 4.90 Å². The minimum absolute atomic E-state index is 0.106. The first-order chi connectivity index (χ1) is 19.4. The van der Waals surface area contributed by atoms with Crippen LogP contribution >= 0.6 is 0 Å². The zero-order valence-electron chi connectivity index (χ0n) is 23.1. The van der Waals surface area contributed by atoms with Gasteiger partial charge in [0.05, 0.1) is 12.3 Å². The van der Waals surface area contributed by atoms with Gasteiger partial charge in [0.15, 0.2) is 0 Å². The maximum absolute atomic E-state index is 13.5. The van der Waals surface area contributed by atoms with Gasteiger partial charge >= 0.3 is 12.0 Å². The molecule has 0 aromatic heterocycles. The average Bonchev–Trinajstić information content (AvgIpc) is 2.97. The van der Waals surface area contributed by atoms with Gasteiger partial charge in [0.2, 0.25) is 5.60 Å². The highest BCUT2D eigenvalue weighted by molar-refractivity contribution is 5.95. The van der Waals surface area contributed by atoms with E-state index >= 15 is 0 Å². The van der Waals surface area contributed by atoms with Crippen LogP contribution in [0, 0.1) is 0 Å². The molecule has 3 aromatic carbocycles. The standard InChI is InChI=1S/C33H38N2O5/c1-33(31(36)37,40-29-14-6-3-7-15-29)23-25-17-19-28(20-18-25)39-22-10-21-34-24-26-11-8-9-16-30(26)35(32(34)38)27-12-4-2-5-13-27/h3,6-9,11,14-20,27H,2,4-5,10,12-13,21-24H2,1H3,(H,36,37)/t33-/m0/s1. The van der Waals surface area contributed by atoms with Crippen LogP contribution in [-0.4, -0.2) is 46.8 Å². The molecular weight excluding hydrogens is 504 g/mol. The number of urea groups is 1. The lowest BCUT2D eigenvalue weighted by Crippen LogP contribution is -2.52. The Hall–Kier alpha value is -4.00. The average molecular weight is 543 g/mol. The van der Waals surface area contributed by atoms with Crippen molar-refractivity contribution in [1.82, 2.24) is 4.90 Å². The molecule has 0 spiro atoms. The van der Waals surface area contributed by atoms with E-state index in [2.05, 4.69) is 12.1 Å². The Bertz CT molecular complexity index is 1290. The summed E-state index contributed by atoms with van der Waals surface area (Å²) in [4.78, 5) is 29.5. The number of hydrogen-bond acceptors (Lipinski definition) is 4. The molecular formula is C33H38N2O5. The van der Waals surface area contributed by atoms with Gasteiger partial charge in [0, 0.05) is 25.6 Å². The van der Waals surface area contributed by atoms with Crippen molar-refractivity contribution in [2.45, 2.75) is 70.1 Å². The third kappa shape index (κ3) is 6.41. The van der Waals surface area contributed by atoms with Gasteiger partial charge in [0.25, 0.3) is 0 Å². The van der Waals surface area contributed by atoms with E-state index in [1.807, 2.05) is 64.4 Å². The van der Waals surface area contributed by atoms with Crippen LogP contribution in [0.5, 0.6) is 11.5 Å². The van der Waals surface area contributed by atoms with E-state index in [0.717, 1.165) is 30.5 Å². The fraction of sp³-hybridized carbons (Fsp3) is 0.394. The summed E-state index contributed by atoms with van der Waals surface area (Å²) >= 11 is 0. The van der Waals surface area contributed by atoms with Crippen molar-refractivity contribution in [2.24, 2.45) is 0 Å². The van der Waals surface area contributed by atoms with Crippen molar-refractivity contribution >= 4 is 17.7 Å². The second-order valence-electron chi connectivity index (χ2n) is 11.0. The number of rotatable bonds is 11. The number of carbonyl (C=O) groups excluding carboxylic acids is 1. The number of carboxylic acids is 1. The number of benzene rings is 3. The van der Waals surface area contributed by atoms with E-state index in [0.29, 0.717) is 31.2 Å². The van der Waals surface area contributed by atoms with Crippen LogP contribution in [-0.2, 0) is 17.8 Å². The van der Waals surface area contributed by atoms with Crippen LogP contribution in [0.2, 0.25) is 0 Å². The second-order valence-corrected chi connectivity index (χ2v) is 11.0. The highest BCUT2D eigenvalue weighted by Gasteiger charge is 2.36. The lowest BCUT2D eigenvalue weighted by molar-refractivity contribution is -0.153. The Labute approximate surface area is 236 Å². The third-order valence-corrected chi connectivity index (χ3v) is 7.87. The summed E-state index contributed by atoms with van der Waals surface area (Å²) in [5, 5.41) is 9.84. The summed E-state index contributed by atoms with van der Waals surface area (Å²) in [5.74, 6) is 0.211. The summed E-state index contributed by atoms with van der Waals surface area (Å²) in [7, 11) is 0. The number of anilines is 1. The monoisotopic (exact) mass is 542 g/mol. The van der Waals surface area contributed by atoms with Gasteiger partial charge in [-0.15, -0.1) is 0 Å². The highest BCUT2D eigenvalue weighted by Crippen LogP contribution is 2.34. The molecule has 1 saturated carbocycles. The first-order valence-electron chi connectivity index (χ1n) is 14.3. The van der Waals surface area contributed by atoms with Crippen molar-refractivity contribution in [3.63, 3.8) is 0 Å². The van der Waals surface area contributed by atoms with Gasteiger partial charge in [-0.25, -0.2) is 9.59 Å².